The maximum atomic E-state index is 12.1. The van der Waals surface area contributed by atoms with Crippen molar-refractivity contribution in [3.63, 3.8) is 0 Å². The molecule has 0 unspecified atom stereocenters. The Morgan fingerprint density at radius 1 is 1.21 bits per heavy atom. The van der Waals surface area contributed by atoms with Gasteiger partial charge in [0.05, 0.1) is 5.69 Å². The van der Waals surface area contributed by atoms with E-state index in [1.54, 1.807) is 25.3 Å². The number of benzene rings is 1. The molecule has 0 saturated carbocycles. The third kappa shape index (κ3) is 2.82. The Balaban J connectivity index is 2.37. The molecule has 100 valence electrons. The van der Waals surface area contributed by atoms with Crippen LogP contribution in [0, 0.1) is 13.8 Å². The molecule has 1 heterocycles. The molecule has 0 aliphatic heterocycles. The van der Waals surface area contributed by atoms with Crippen molar-refractivity contribution in [3.05, 3.63) is 41.7 Å². The predicted molar refractivity (Wildman–Crippen MR) is 73.2 cm³/mol. The van der Waals surface area contributed by atoms with Crippen molar-refractivity contribution < 1.29 is 8.42 Å². The summed E-state index contributed by atoms with van der Waals surface area (Å²) < 4.78 is 26.6. The summed E-state index contributed by atoms with van der Waals surface area (Å²) in [6.45, 7) is 3.63. The van der Waals surface area contributed by atoms with Gasteiger partial charge in [0.25, 0.3) is 10.0 Å². The highest BCUT2D eigenvalue weighted by Gasteiger charge is 2.18. The fourth-order valence-electron chi connectivity index (χ4n) is 1.48. The first-order valence-corrected chi connectivity index (χ1v) is 7.06. The van der Waals surface area contributed by atoms with Gasteiger partial charge in [-0.3, -0.25) is 0 Å². The van der Waals surface area contributed by atoms with Gasteiger partial charge < -0.3 is 5.73 Å². The molecule has 19 heavy (non-hydrogen) atoms. The van der Waals surface area contributed by atoms with E-state index in [0.29, 0.717) is 5.69 Å². The number of aryl methyl sites for hydroxylation is 2. The van der Waals surface area contributed by atoms with Gasteiger partial charge in [-0.25, -0.2) is 23.1 Å². The lowest BCUT2D eigenvalue weighted by molar-refractivity contribution is 0.601. The number of aromatic nitrogens is 2. The van der Waals surface area contributed by atoms with E-state index in [1.807, 2.05) is 6.92 Å². The van der Waals surface area contributed by atoms with Crippen LogP contribution in [0.3, 0.4) is 0 Å². The average Bonchev–Trinajstić information content (AvgIpc) is 2.34. The number of hydrogen-bond donors (Lipinski definition) is 2. The molecular weight excluding hydrogens is 264 g/mol. The first-order valence-electron chi connectivity index (χ1n) is 5.58. The summed E-state index contributed by atoms with van der Waals surface area (Å²) in [5, 5.41) is 0. The van der Waals surface area contributed by atoms with Gasteiger partial charge >= 0.3 is 0 Å². The summed E-state index contributed by atoms with van der Waals surface area (Å²) in [4.78, 5) is 8.02. The van der Waals surface area contributed by atoms with Crippen LogP contribution in [0.5, 0.6) is 0 Å². The maximum absolute atomic E-state index is 12.1. The first-order chi connectivity index (χ1) is 8.90. The number of rotatable bonds is 3. The van der Waals surface area contributed by atoms with Gasteiger partial charge in [-0.05, 0) is 31.5 Å². The van der Waals surface area contributed by atoms with Crippen LogP contribution in [-0.2, 0) is 10.0 Å². The molecule has 2 aromatic rings. The predicted octanol–water partition coefficient (Wildman–Crippen LogP) is 1.48. The minimum absolute atomic E-state index is 0.0110. The largest absolute Gasteiger partial charge is 0.398 e. The van der Waals surface area contributed by atoms with Crippen LogP contribution >= 0.6 is 0 Å². The Morgan fingerprint density at radius 3 is 2.53 bits per heavy atom. The minimum Gasteiger partial charge on any atom is -0.398 e. The highest BCUT2D eigenvalue weighted by molar-refractivity contribution is 7.92. The Morgan fingerprint density at radius 2 is 1.89 bits per heavy atom. The molecule has 1 aromatic heterocycles. The van der Waals surface area contributed by atoms with Gasteiger partial charge in [-0.2, -0.15) is 0 Å². The van der Waals surface area contributed by atoms with E-state index in [-0.39, 0.29) is 16.5 Å². The number of nitrogens with two attached hydrogens (primary N) is 1. The van der Waals surface area contributed by atoms with E-state index in [1.165, 1.54) is 12.1 Å². The Bertz CT molecular complexity index is 713. The second kappa shape index (κ2) is 4.85. The minimum atomic E-state index is -3.77. The van der Waals surface area contributed by atoms with E-state index in [9.17, 15) is 8.42 Å². The molecule has 0 bridgehead atoms. The van der Waals surface area contributed by atoms with Crippen LogP contribution in [0.1, 0.15) is 11.3 Å². The molecule has 0 fully saturated rings. The fraction of sp³-hybridized carbons (Fsp3) is 0.167. The summed E-state index contributed by atoms with van der Waals surface area (Å²) in [6.07, 6.45) is 1.56. The molecule has 2 rings (SSSR count). The molecule has 0 amide bonds. The zero-order valence-corrected chi connectivity index (χ0v) is 11.4. The Kier molecular flexibility index (Phi) is 3.39. The number of anilines is 2. The molecule has 1 aromatic carbocycles. The number of hydrogen-bond acceptors (Lipinski definition) is 5. The lowest BCUT2D eigenvalue weighted by Gasteiger charge is -2.09. The van der Waals surface area contributed by atoms with E-state index in [0.717, 1.165) is 5.56 Å². The zero-order valence-electron chi connectivity index (χ0n) is 10.6. The highest BCUT2D eigenvalue weighted by atomic mass is 32.2. The number of sulfonamides is 1. The van der Waals surface area contributed by atoms with Gasteiger partial charge in [0.1, 0.15) is 4.90 Å². The second-order valence-electron chi connectivity index (χ2n) is 4.11. The standard InChI is InChI=1S/C12H14N4O2S/c1-8-7-14-12(15-9(8)2)16-19(17,18)11-6-4-3-5-10(11)13/h3-7H,13H2,1-2H3,(H,14,15,16). The van der Waals surface area contributed by atoms with Crippen molar-refractivity contribution in [1.29, 1.82) is 0 Å². The molecule has 0 aliphatic carbocycles. The number of para-hydroxylation sites is 1. The molecule has 0 aliphatic rings. The van der Waals surface area contributed by atoms with Crippen LogP contribution in [0.2, 0.25) is 0 Å². The van der Waals surface area contributed by atoms with Crippen molar-refractivity contribution in [3.8, 4) is 0 Å². The third-order valence-electron chi connectivity index (χ3n) is 2.66. The molecule has 0 atom stereocenters. The lowest BCUT2D eigenvalue weighted by atomic mass is 10.3. The molecule has 0 saturated heterocycles. The monoisotopic (exact) mass is 278 g/mol. The molecule has 3 N–H and O–H groups in total. The van der Waals surface area contributed by atoms with Gasteiger partial charge in [0, 0.05) is 11.9 Å². The van der Waals surface area contributed by atoms with Crippen LogP contribution < -0.4 is 10.5 Å². The van der Waals surface area contributed by atoms with Crippen LogP contribution in [0.15, 0.2) is 35.4 Å². The van der Waals surface area contributed by atoms with Crippen molar-refractivity contribution >= 4 is 21.7 Å². The summed E-state index contributed by atoms with van der Waals surface area (Å²) in [5.74, 6) is 0.0337. The van der Waals surface area contributed by atoms with Crippen molar-refractivity contribution in [1.82, 2.24) is 9.97 Å². The Labute approximate surface area is 111 Å². The normalized spacial score (nSPS) is 11.3. The Hall–Kier alpha value is -2.15. The second-order valence-corrected chi connectivity index (χ2v) is 5.76. The summed E-state index contributed by atoms with van der Waals surface area (Å²) >= 11 is 0. The van der Waals surface area contributed by atoms with Crippen LogP contribution in [-0.4, -0.2) is 18.4 Å². The van der Waals surface area contributed by atoms with E-state index >= 15 is 0 Å². The van der Waals surface area contributed by atoms with Crippen molar-refractivity contribution in [2.75, 3.05) is 10.5 Å². The van der Waals surface area contributed by atoms with E-state index in [2.05, 4.69) is 14.7 Å². The number of nitrogen functional groups attached to an aromatic ring is 1. The molecule has 7 heteroatoms. The first kappa shape index (κ1) is 13.3. The van der Waals surface area contributed by atoms with E-state index in [4.69, 9.17) is 5.73 Å². The molecular formula is C12H14N4O2S. The van der Waals surface area contributed by atoms with Gasteiger partial charge in [0.15, 0.2) is 0 Å². The SMILES string of the molecule is Cc1cnc(NS(=O)(=O)c2ccccc2N)nc1C. The van der Waals surface area contributed by atoms with Gasteiger partial charge in [-0.1, -0.05) is 12.1 Å². The number of nitrogens with one attached hydrogen (secondary N) is 1. The average molecular weight is 278 g/mol. The van der Waals surface area contributed by atoms with Crippen molar-refractivity contribution in [2.45, 2.75) is 18.7 Å². The zero-order chi connectivity index (χ0) is 14.0. The van der Waals surface area contributed by atoms with Crippen LogP contribution in [0.4, 0.5) is 11.6 Å². The highest BCUT2D eigenvalue weighted by Crippen LogP contribution is 2.19. The third-order valence-corrected chi connectivity index (χ3v) is 4.06. The van der Waals surface area contributed by atoms with Gasteiger partial charge in [-0.15, -0.1) is 0 Å². The topological polar surface area (TPSA) is 98.0 Å². The molecule has 6 nitrogen and oxygen atoms in total. The van der Waals surface area contributed by atoms with Crippen molar-refractivity contribution in [2.24, 2.45) is 0 Å². The quantitative estimate of drug-likeness (QED) is 0.829. The van der Waals surface area contributed by atoms with E-state index < -0.39 is 10.0 Å². The summed E-state index contributed by atoms with van der Waals surface area (Å²) in [5.41, 5.74) is 7.44. The van der Waals surface area contributed by atoms with Gasteiger partial charge in [0.2, 0.25) is 5.95 Å². The molecule has 0 spiro atoms. The molecule has 0 radical (unpaired) electrons. The fourth-order valence-corrected chi connectivity index (χ4v) is 2.56. The lowest BCUT2D eigenvalue weighted by Crippen LogP contribution is -2.16. The van der Waals surface area contributed by atoms with Crippen LogP contribution in [0.25, 0.3) is 0 Å². The smallest absolute Gasteiger partial charge is 0.266 e. The maximum Gasteiger partial charge on any atom is 0.266 e. The number of nitrogens with zero attached hydrogens (tertiary/aromatic N) is 2. The summed E-state index contributed by atoms with van der Waals surface area (Å²) in [6, 6.07) is 6.22. The summed E-state index contributed by atoms with van der Waals surface area (Å²) in [7, 11) is -3.77.